The van der Waals surface area contributed by atoms with Crippen LogP contribution in [0.3, 0.4) is 0 Å². The predicted molar refractivity (Wildman–Crippen MR) is 163 cm³/mol. The fourth-order valence-electron chi connectivity index (χ4n) is 4.94. The van der Waals surface area contributed by atoms with Crippen LogP contribution in [0.1, 0.15) is 37.8 Å². The normalized spacial score (nSPS) is 11.2. The maximum Gasteiger partial charge on any atom is 0.332 e. The van der Waals surface area contributed by atoms with Crippen molar-refractivity contribution < 1.29 is 14.3 Å². The van der Waals surface area contributed by atoms with Crippen molar-refractivity contribution in [3.05, 3.63) is 86.6 Å². The Morgan fingerprint density at radius 1 is 0.953 bits per heavy atom. The maximum absolute atomic E-state index is 13.1. The molecular weight excluding hydrogens is 550 g/mol. The molecule has 43 heavy (non-hydrogen) atoms. The number of carbonyl (C=O) groups excluding carboxylic acids is 1. The van der Waals surface area contributed by atoms with Gasteiger partial charge in [-0.15, -0.1) is 0 Å². The average Bonchev–Trinajstić information content (AvgIpc) is 3.60. The Balaban J connectivity index is 1.33. The smallest absolute Gasteiger partial charge is 0.332 e. The van der Waals surface area contributed by atoms with Gasteiger partial charge in [0.1, 0.15) is 17.9 Å². The van der Waals surface area contributed by atoms with E-state index < -0.39 is 5.56 Å². The van der Waals surface area contributed by atoms with Gasteiger partial charge in [0, 0.05) is 26.2 Å². The number of anilines is 1. The highest BCUT2D eigenvalue weighted by Crippen LogP contribution is 2.29. The number of aromatic amines is 1. The van der Waals surface area contributed by atoms with E-state index >= 15 is 0 Å². The number of aromatic nitrogens is 6. The summed E-state index contributed by atoms with van der Waals surface area (Å²) in [6, 6.07) is 16.9. The molecule has 5 rings (SSSR count). The van der Waals surface area contributed by atoms with Gasteiger partial charge in [0.2, 0.25) is 5.91 Å². The highest BCUT2D eigenvalue weighted by Gasteiger charge is 2.20. The molecule has 12 heteroatoms. The first-order valence-electron chi connectivity index (χ1n) is 14.2. The summed E-state index contributed by atoms with van der Waals surface area (Å²) in [7, 11) is 3.27. The first kappa shape index (κ1) is 29.4. The standard InChI is InChI=1S/C31H35N7O5/c1-5-14-37-29-27(30(40)38(15-6-2)31(37)41)33-28(34-29)22-18-25(35-36(22)3)32-26(39)17-21-12-13-23(24(16-21)42-4)43-19-20-10-8-7-9-11-20/h7-13,16,18H,5-6,14-15,17,19H2,1-4H3,(H,33,34)(H,32,35,39). The van der Waals surface area contributed by atoms with Gasteiger partial charge < -0.3 is 19.8 Å². The zero-order chi connectivity index (χ0) is 30.5. The average molecular weight is 586 g/mol. The third-order valence-corrected chi connectivity index (χ3v) is 6.98. The number of rotatable bonds is 12. The SMILES string of the molecule is CCCn1c(=O)c2nc(-c3cc(NC(=O)Cc4ccc(OCc5ccccc5)c(OC)c4)nn3C)[nH]c2n(CCC)c1=O. The number of hydrogen-bond acceptors (Lipinski definition) is 7. The zero-order valence-electron chi connectivity index (χ0n) is 24.7. The molecule has 0 fully saturated rings. The number of methoxy groups -OCH3 is 1. The van der Waals surface area contributed by atoms with Crippen LogP contribution in [0.15, 0.2) is 64.2 Å². The highest BCUT2D eigenvalue weighted by atomic mass is 16.5. The van der Waals surface area contributed by atoms with Crippen molar-refractivity contribution >= 4 is 22.9 Å². The molecule has 5 aromatic rings. The van der Waals surface area contributed by atoms with Gasteiger partial charge in [0.05, 0.1) is 13.5 Å². The van der Waals surface area contributed by atoms with Crippen LogP contribution in [0.5, 0.6) is 11.5 Å². The molecule has 3 heterocycles. The lowest BCUT2D eigenvalue weighted by molar-refractivity contribution is -0.115. The van der Waals surface area contributed by atoms with Crippen molar-refractivity contribution in [1.29, 1.82) is 0 Å². The molecule has 12 nitrogen and oxygen atoms in total. The molecule has 224 valence electrons. The third kappa shape index (κ3) is 6.22. The molecule has 0 radical (unpaired) electrons. The monoisotopic (exact) mass is 585 g/mol. The molecule has 3 aromatic heterocycles. The van der Waals surface area contributed by atoms with Crippen molar-refractivity contribution in [2.75, 3.05) is 12.4 Å². The van der Waals surface area contributed by atoms with E-state index in [1.165, 1.54) is 4.57 Å². The lowest BCUT2D eigenvalue weighted by atomic mass is 10.1. The largest absolute Gasteiger partial charge is 0.493 e. The second-order valence-electron chi connectivity index (χ2n) is 10.2. The summed E-state index contributed by atoms with van der Waals surface area (Å²) in [5.41, 5.74) is 2.09. The van der Waals surface area contributed by atoms with Gasteiger partial charge in [0.15, 0.2) is 28.7 Å². The minimum atomic E-state index is -0.431. The lowest BCUT2D eigenvalue weighted by Crippen LogP contribution is -2.40. The van der Waals surface area contributed by atoms with Gasteiger partial charge in [-0.25, -0.2) is 9.78 Å². The van der Waals surface area contributed by atoms with E-state index in [2.05, 4.69) is 20.4 Å². The molecule has 2 N–H and O–H groups in total. The molecule has 0 aliphatic rings. The zero-order valence-corrected chi connectivity index (χ0v) is 24.7. The quantitative estimate of drug-likeness (QED) is 0.227. The molecule has 0 aliphatic heterocycles. The van der Waals surface area contributed by atoms with Crippen LogP contribution in [-0.2, 0) is 38.0 Å². The van der Waals surface area contributed by atoms with Crippen LogP contribution >= 0.6 is 0 Å². The number of amides is 1. The molecule has 0 bridgehead atoms. The van der Waals surface area contributed by atoms with Crippen LogP contribution in [-0.4, -0.2) is 41.9 Å². The summed E-state index contributed by atoms with van der Waals surface area (Å²) in [6.45, 7) is 5.03. The van der Waals surface area contributed by atoms with Crippen LogP contribution in [0, 0.1) is 0 Å². The third-order valence-electron chi connectivity index (χ3n) is 6.98. The number of fused-ring (bicyclic) bond motifs is 1. The van der Waals surface area contributed by atoms with E-state index in [4.69, 9.17) is 9.47 Å². The summed E-state index contributed by atoms with van der Waals surface area (Å²) in [4.78, 5) is 46.7. The molecule has 0 saturated heterocycles. The van der Waals surface area contributed by atoms with E-state index in [-0.39, 0.29) is 23.5 Å². The van der Waals surface area contributed by atoms with E-state index in [1.807, 2.05) is 50.2 Å². The van der Waals surface area contributed by atoms with Crippen LogP contribution in [0.25, 0.3) is 22.7 Å². The van der Waals surface area contributed by atoms with E-state index in [0.29, 0.717) is 67.0 Å². The molecule has 1 amide bonds. The van der Waals surface area contributed by atoms with E-state index in [9.17, 15) is 14.4 Å². The number of hydrogen-bond donors (Lipinski definition) is 2. The summed E-state index contributed by atoms with van der Waals surface area (Å²) in [5, 5.41) is 7.24. The van der Waals surface area contributed by atoms with E-state index in [0.717, 1.165) is 11.1 Å². The van der Waals surface area contributed by atoms with Crippen molar-refractivity contribution in [3.63, 3.8) is 0 Å². The molecular formula is C31H35N7O5. The fraction of sp³-hybridized carbons (Fsp3) is 0.323. The number of carbonyl (C=O) groups is 1. The first-order chi connectivity index (χ1) is 20.8. The first-order valence-corrected chi connectivity index (χ1v) is 14.2. The molecule has 2 aromatic carbocycles. The molecule has 0 saturated carbocycles. The minimum absolute atomic E-state index is 0.0894. The number of aryl methyl sites for hydroxylation is 2. The summed E-state index contributed by atoms with van der Waals surface area (Å²) >= 11 is 0. The fourth-order valence-corrected chi connectivity index (χ4v) is 4.94. The molecule has 0 spiro atoms. The Kier molecular flexibility index (Phi) is 8.74. The Hall–Kier alpha value is -5.13. The number of imidazole rings is 1. The van der Waals surface area contributed by atoms with Crippen LogP contribution < -0.4 is 26.0 Å². The van der Waals surface area contributed by atoms with Crippen molar-refractivity contribution in [2.45, 2.75) is 52.8 Å². The van der Waals surface area contributed by atoms with Gasteiger partial charge in [-0.2, -0.15) is 5.10 Å². The number of ether oxygens (including phenoxy) is 2. The number of benzene rings is 2. The molecule has 0 aliphatic carbocycles. The number of nitrogens with one attached hydrogen (secondary N) is 2. The Morgan fingerprint density at radius 3 is 2.42 bits per heavy atom. The van der Waals surface area contributed by atoms with Crippen molar-refractivity contribution in [2.24, 2.45) is 7.05 Å². The summed E-state index contributed by atoms with van der Waals surface area (Å²) < 4.78 is 15.8. The van der Waals surface area contributed by atoms with Gasteiger partial charge in [-0.3, -0.25) is 23.4 Å². The van der Waals surface area contributed by atoms with Crippen molar-refractivity contribution in [1.82, 2.24) is 28.9 Å². The lowest BCUT2D eigenvalue weighted by Gasteiger charge is -2.12. The molecule has 0 atom stereocenters. The predicted octanol–water partition coefficient (Wildman–Crippen LogP) is 3.88. The second-order valence-corrected chi connectivity index (χ2v) is 10.2. The minimum Gasteiger partial charge on any atom is -0.493 e. The molecule has 0 unspecified atom stereocenters. The Morgan fingerprint density at radius 2 is 1.70 bits per heavy atom. The summed E-state index contributed by atoms with van der Waals surface area (Å²) in [6.07, 6.45) is 1.45. The van der Waals surface area contributed by atoms with Gasteiger partial charge in [-0.1, -0.05) is 50.2 Å². The van der Waals surface area contributed by atoms with Crippen LogP contribution in [0.2, 0.25) is 0 Å². The summed E-state index contributed by atoms with van der Waals surface area (Å²) in [5.74, 6) is 1.55. The van der Waals surface area contributed by atoms with E-state index in [1.54, 1.807) is 41.6 Å². The van der Waals surface area contributed by atoms with Crippen molar-refractivity contribution in [3.8, 4) is 23.0 Å². The Labute approximate surface area is 247 Å². The van der Waals surface area contributed by atoms with Gasteiger partial charge >= 0.3 is 5.69 Å². The van der Waals surface area contributed by atoms with Gasteiger partial charge in [0.25, 0.3) is 5.56 Å². The number of nitrogens with zero attached hydrogens (tertiary/aromatic N) is 5. The highest BCUT2D eigenvalue weighted by molar-refractivity contribution is 5.92. The maximum atomic E-state index is 13.1. The second kappa shape index (κ2) is 12.8. The van der Waals surface area contributed by atoms with Crippen LogP contribution in [0.4, 0.5) is 5.82 Å². The topological polar surface area (TPSA) is 138 Å². The van der Waals surface area contributed by atoms with Gasteiger partial charge in [-0.05, 0) is 36.1 Å². The Bertz CT molecular complexity index is 1870. The number of H-pyrrole nitrogens is 1.